The van der Waals surface area contributed by atoms with Crippen LogP contribution in [0.15, 0.2) is 54.6 Å². The maximum atomic E-state index is 10.6. The standard InChI is InChI=1S/C15H13NO2/c1-12(11-13-5-3-2-4-6-13)14-7-9-15(10-8-14)16(17)18/h2-11H,1H3. The lowest BCUT2D eigenvalue weighted by Gasteiger charge is -2.01. The molecule has 0 saturated carbocycles. The van der Waals surface area contributed by atoms with E-state index in [2.05, 4.69) is 6.08 Å². The number of hydrogen-bond acceptors (Lipinski definition) is 2. The maximum Gasteiger partial charge on any atom is 0.269 e. The van der Waals surface area contributed by atoms with Crippen LogP contribution in [-0.4, -0.2) is 4.92 Å². The van der Waals surface area contributed by atoms with Gasteiger partial charge in [0.2, 0.25) is 0 Å². The van der Waals surface area contributed by atoms with Crippen molar-refractivity contribution in [2.75, 3.05) is 0 Å². The van der Waals surface area contributed by atoms with Gasteiger partial charge in [-0.15, -0.1) is 0 Å². The monoisotopic (exact) mass is 239 g/mol. The Morgan fingerprint density at radius 3 is 2.22 bits per heavy atom. The van der Waals surface area contributed by atoms with Gasteiger partial charge >= 0.3 is 0 Å². The van der Waals surface area contributed by atoms with Crippen molar-refractivity contribution in [3.05, 3.63) is 75.8 Å². The Labute approximate surface area is 106 Å². The summed E-state index contributed by atoms with van der Waals surface area (Å²) in [5, 5.41) is 10.6. The zero-order valence-electron chi connectivity index (χ0n) is 10.0. The zero-order valence-corrected chi connectivity index (χ0v) is 10.0. The van der Waals surface area contributed by atoms with Gasteiger partial charge in [0.1, 0.15) is 0 Å². The summed E-state index contributed by atoms with van der Waals surface area (Å²) < 4.78 is 0. The molecule has 18 heavy (non-hydrogen) atoms. The van der Waals surface area contributed by atoms with Crippen LogP contribution in [0.25, 0.3) is 11.6 Å². The van der Waals surface area contributed by atoms with E-state index in [1.807, 2.05) is 37.3 Å². The van der Waals surface area contributed by atoms with Crippen LogP contribution in [0.5, 0.6) is 0 Å². The third-order valence-corrected chi connectivity index (χ3v) is 2.72. The van der Waals surface area contributed by atoms with Gasteiger partial charge in [-0.3, -0.25) is 10.1 Å². The fourth-order valence-corrected chi connectivity index (χ4v) is 1.73. The van der Waals surface area contributed by atoms with E-state index >= 15 is 0 Å². The van der Waals surface area contributed by atoms with Gasteiger partial charge in [0.05, 0.1) is 4.92 Å². The van der Waals surface area contributed by atoms with Crippen molar-refractivity contribution in [3.8, 4) is 0 Å². The predicted octanol–water partition coefficient (Wildman–Crippen LogP) is 4.16. The topological polar surface area (TPSA) is 43.1 Å². The molecule has 0 atom stereocenters. The van der Waals surface area contributed by atoms with Crippen molar-refractivity contribution in [2.45, 2.75) is 6.92 Å². The number of allylic oxidation sites excluding steroid dienone is 1. The molecule has 90 valence electrons. The van der Waals surface area contributed by atoms with E-state index < -0.39 is 0 Å². The van der Waals surface area contributed by atoms with Gasteiger partial charge in [-0.2, -0.15) is 0 Å². The fourth-order valence-electron chi connectivity index (χ4n) is 1.73. The van der Waals surface area contributed by atoms with E-state index in [-0.39, 0.29) is 10.6 Å². The van der Waals surface area contributed by atoms with Crippen LogP contribution in [0.1, 0.15) is 18.1 Å². The Kier molecular flexibility index (Phi) is 3.53. The Balaban J connectivity index is 2.26. The second-order valence-electron chi connectivity index (χ2n) is 4.04. The van der Waals surface area contributed by atoms with Crippen LogP contribution in [0.4, 0.5) is 5.69 Å². The van der Waals surface area contributed by atoms with Gasteiger partial charge in [0, 0.05) is 12.1 Å². The number of non-ortho nitro benzene ring substituents is 1. The highest BCUT2D eigenvalue weighted by Crippen LogP contribution is 2.20. The molecule has 0 spiro atoms. The first-order valence-electron chi connectivity index (χ1n) is 5.65. The molecule has 0 bridgehead atoms. The average molecular weight is 239 g/mol. The van der Waals surface area contributed by atoms with Gasteiger partial charge in [0.15, 0.2) is 0 Å². The molecule has 0 aliphatic carbocycles. The molecular weight excluding hydrogens is 226 g/mol. The third-order valence-electron chi connectivity index (χ3n) is 2.72. The van der Waals surface area contributed by atoms with Crippen molar-refractivity contribution in [2.24, 2.45) is 0 Å². The average Bonchev–Trinajstić information content (AvgIpc) is 2.40. The molecule has 0 N–H and O–H groups in total. The molecule has 0 aliphatic heterocycles. The van der Waals surface area contributed by atoms with Gasteiger partial charge in [-0.25, -0.2) is 0 Å². The van der Waals surface area contributed by atoms with Crippen molar-refractivity contribution >= 4 is 17.3 Å². The van der Waals surface area contributed by atoms with E-state index in [0.29, 0.717) is 0 Å². The molecule has 0 fully saturated rings. The molecule has 2 aromatic rings. The van der Waals surface area contributed by atoms with Gasteiger partial charge in [-0.05, 0) is 35.8 Å². The van der Waals surface area contributed by atoms with E-state index in [9.17, 15) is 10.1 Å². The molecule has 0 unspecified atom stereocenters. The Morgan fingerprint density at radius 2 is 1.67 bits per heavy atom. The van der Waals surface area contributed by atoms with E-state index in [0.717, 1.165) is 16.7 Å². The fraction of sp³-hybridized carbons (Fsp3) is 0.0667. The van der Waals surface area contributed by atoms with Crippen molar-refractivity contribution in [1.82, 2.24) is 0 Å². The summed E-state index contributed by atoms with van der Waals surface area (Å²) in [4.78, 5) is 10.2. The van der Waals surface area contributed by atoms with Crippen LogP contribution in [0.2, 0.25) is 0 Å². The Morgan fingerprint density at radius 1 is 1.06 bits per heavy atom. The summed E-state index contributed by atoms with van der Waals surface area (Å²) in [5.41, 5.74) is 3.31. The number of nitro groups is 1. The number of benzene rings is 2. The smallest absolute Gasteiger partial charge is 0.258 e. The minimum Gasteiger partial charge on any atom is -0.258 e. The SMILES string of the molecule is CC(=Cc1ccccc1)c1ccc([N+](=O)[O-])cc1. The largest absolute Gasteiger partial charge is 0.269 e. The van der Waals surface area contributed by atoms with Gasteiger partial charge < -0.3 is 0 Å². The van der Waals surface area contributed by atoms with Crippen molar-refractivity contribution < 1.29 is 4.92 Å². The molecule has 0 radical (unpaired) electrons. The van der Waals surface area contributed by atoms with Crippen LogP contribution in [0, 0.1) is 10.1 Å². The molecule has 0 saturated heterocycles. The summed E-state index contributed by atoms with van der Waals surface area (Å²) in [6, 6.07) is 16.6. The normalized spacial score (nSPS) is 11.3. The third kappa shape index (κ3) is 2.83. The number of nitrogens with zero attached hydrogens (tertiary/aromatic N) is 1. The lowest BCUT2D eigenvalue weighted by molar-refractivity contribution is -0.384. The van der Waals surface area contributed by atoms with Crippen molar-refractivity contribution in [1.29, 1.82) is 0 Å². The molecule has 3 nitrogen and oxygen atoms in total. The molecule has 0 amide bonds. The summed E-state index contributed by atoms with van der Waals surface area (Å²) >= 11 is 0. The van der Waals surface area contributed by atoms with E-state index in [1.165, 1.54) is 12.1 Å². The lowest BCUT2D eigenvalue weighted by Crippen LogP contribution is -1.88. The minimum absolute atomic E-state index is 0.117. The van der Waals surface area contributed by atoms with Crippen molar-refractivity contribution in [3.63, 3.8) is 0 Å². The van der Waals surface area contributed by atoms with E-state index in [1.54, 1.807) is 12.1 Å². The molecule has 2 aromatic carbocycles. The first kappa shape index (κ1) is 12.0. The molecule has 3 heteroatoms. The zero-order chi connectivity index (χ0) is 13.0. The van der Waals surface area contributed by atoms with Crippen LogP contribution < -0.4 is 0 Å². The lowest BCUT2D eigenvalue weighted by atomic mass is 10.0. The summed E-state index contributed by atoms with van der Waals surface area (Å²) in [6.07, 6.45) is 2.06. The second kappa shape index (κ2) is 5.27. The maximum absolute atomic E-state index is 10.6. The van der Waals surface area contributed by atoms with Gasteiger partial charge in [-0.1, -0.05) is 36.4 Å². The first-order valence-corrected chi connectivity index (χ1v) is 5.65. The molecular formula is C15H13NO2. The molecule has 0 aromatic heterocycles. The predicted molar refractivity (Wildman–Crippen MR) is 73.1 cm³/mol. The highest BCUT2D eigenvalue weighted by atomic mass is 16.6. The summed E-state index contributed by atoms with van der Waals surface area (Å²) in [7, 11) is 0. The van der Waals surface area contributed by atoms with Crippen LogP contribution >= 0.6 is 0 Å². The second-order valence-corrected chi connectivity index (χ2v) is 4.04. The first-order chi connectivity index (χ1) is 8.66. The minimum atomic E-state index is -0.389. The van der Waals surface area contributed by atoms with Crippen LogP contribution in [0.3, 0.4) is 0 Å². The molecule has 0 aliphatic rings. The highest BCUT2D eigenvalue weighted by Gasteiger charge is 2.04. The summed E-state index contributed by atoms with van der Waals surface area (Å²) in [6.45, 7) is 1.99. The number of nitro benzene ring substituents is 1. The Bertz CT molecular complexity index is 571. The van der Waals surface area contributed by atoms with E-state index in [4.69, 9.17) is 0 Å². The molecule has 2 rings (SSSR count). The summed E-state index contributed by atoms with van der Waals surface area (Å²) in [5.74, 6) is 0. The van der Waals surface area contributed by atoms with Crippen LogP contribution in [-0.2, 0) is 0 Å². The number of hydrogen-bond donors (Lipinski definition) is 0. The molecule has 0 heterocycles. The quantitative estimate of drug-likeness (QED) is 0.458. The Hall–Kier alpha value is -2.42. The van der Waals surface area contributed by atoms with Gasteiger partial charge in [0.25, 0.3) is 5.69 Å². The highest BCUT2D eigenvalue weighted by molar-refractivity contribution is 5.80. The number of rotatable bonds is 3.